The Bertz CT molecular complexity index is 647. The Labute approximate surface area is 134 Å². The summed E-state index contributed by atoms with van der Waals surface area (Å²) < 4.78 is 27.4. The van der Waals surface area contributed by atoms with E-state index in [1.54, 1.807) is 25.2 Å². The minimum absolute atomic E-state index is 0.300. The van der Waals surface area contributed by atoms with E-state index in [1.165, 1.54) is 30.0 Å². The molecule has 0 heterocycles. The zero-order valence-electron chi connectivity index (χ0n) is 12.1. The molecule has 3 unspecified atom stereocenters. The SMILES string of the molecule is CN(CC1CC2CCC1C2)S(=O)(=O)c1ccc(N)c(Br)c1. The van der Waals surface area contributed by atoms with Crippen molar-refractivity contribution in [2.24, 2.45) is 17.8 Å². The van der Waals surface area contributed by atoms with E-state index in [9.17, 15) is 8.42 Å². The van der Waals surface area contributed by atoms with Crippen LogP contribution >= 0.6 is 15.9 Å². The highest BCUT2D eigenvalue weighted by molar-refractivity contribution is 9.10. The van der Waals surface area contributed by atoms with Crippen LogP contribution in [0.3, 0.4) is 0 Å². The van der Waals surface area contributed by atoms with Gasteiger partial charge in [0.25, 0.3) is 0 Å². The van der Waals surface area contributed by atoms with E-state index in [-0.39, 0.29) is 0 Å². The number of hydrogen-bond acceptors (Lipinski definition) is 3. The van der Waals surface area contributed by atoms with Crippen LogP contribution in [0.2, 0.25) is 0 Å². The number of benzene rings is 1. The van der Waals surface area contributed by atoms with Gasteiger partial charge in [0.1, 0.15) is 0 Å². The number of rotatable bonds is 4. The summed E-state index contributed by atoms with van der Waals surface area (Å²) in [4.78, 5) is 0.300. The Kier molecular flexibility index (Phi) is 4.05. The van der Waals surface area contributed by atoms with Crippen molar-refractivity contribution in [3.8, 4) is 0 Å². The second-order valence-corrected chi connectivity index (χ2v) is 9.30. The van der Waals surface area contributed by atoms with Crippen LogP contribution in [0.15, 0.2) is 27.6 Å². The van der Waals surface area contributed by atoms with Gasteiger partial charge in [0.2, 0.25) is 10.0 Å². The Balaban J connectivity index is 1.76. The number of nitrogens with two attached hydrogens (primary N) is 1. The molecule has 3 rings (SSSR count). The molecule has 0 spiro atoms. The Hall–Kier alpha value is -0.590. The average Bonchev–Trinajstić information content (AvgIpc) is 3.04. The van der Waals surface area contributed by atoms with E-state index in [0.29, 0.717) is 27.5 Å². The van der Waals surface area contributed by atoms with E-state index in [4.69, 9.17) is 5.73 Å². The molecule has 2 aliphatic rings. The van der Waals surface area contributed by atoms with E-state index in [0.717, 1.165) is 11.8 Å². The molecule has 0 aliphatic heterocycles. The second kappa shape index (κ2) is 5.56. The summed E-state index contributed by atoms with van der Waals surface area (Å²) in [6, 6.07) is 4.79. The van der Waals surface area contributed by atoms with Crippen molar-refractivity contribution >= 4 is 31.6 Å². The summed E-state index contributed by atoms with van der Waals surface area (Å²) in [5.74, 6) is 2.09. The van der Waals surface area contributed by atoms with Gasteiger partial charge < -0.3 is 5.73 Å². The number of fused-ring (bicyclic) bond motifs is 2. The summed E-state index contributed by atoms with van der Waals surface area (Å²) in [5.41, 5.74) is 6.27. The van der Waals surface area contributed by atoms with Crippen molar-refractivity contribution in [2.75, 3.05) is 19.3 Å². The smallest absolute Gasteiger partial charge is 0.242 e. The van der Waals surface area contributed by atoms with Gasteiger partial charge >= 0.3 is 0 Å². The molecule has 0 radical (unpaired) electrons. The third-order valence-electron chi connectivity index (χ3n) is 5.06. The predicted octanol–water partition coefficient (Wildman–Crippen LogP) is 3.09. The van der Waals surface area contributed by atoms with Gasteiger partial charge in [-0.25, -0.2) is 12.7 Å². The van der Waals surface area contributed by atoms with Gasteiger partial charge in [-0.2, -0.15) is 0 Å². The maximum atomic E-state index is 12.7. The number of sulfonamides is 1. The molecular weight excluding hydrogens is 352 g/mol. The number of nitrogens with zero attached hydrogens (tertiary/aromatic N) is 1. The van der Waals surface area contributed by atoms with Crippen LogP contribution in [0.1, 0.15) is 25.7 Å². The van der Waals surface area contributed by atoms with Crippen molar-refractivity contribution in [3.63, 3.8) is 0 Å². The van der Waals surface area contributed by atoms with Gasteiger partial charge in [-0.1, -0.05) is 6.42 Å². The fraction of sp³-hybridized carbons (Fsp3) is 0.600. The van der Waals surface area contributed by atoms with Crippen molar-refractivity contribution in [3.05, 3.63) is 22.7 Å². The van der Waals surface area contributed by atoms with Crippen molar-refractivity contribution in [2.45, 2.75) is 30.6 Å². The van der Waals surface area contributed by atoms with Gasteiger partial charge in [-0.3, -0.25) is 0 Å². The normalized spacial score (nSPS) is 28.4. The Morgan fingerprint density at radius 2 is 2.10 bits per heavy atom. The van der Waals surface area contributed by atoms with E-state index >= 15 is 0 Å². The van der Waals surface area contributed by atoms with Gasteiger partial charge in [0, 0.05) is 23.8 Å². The first-order valence-corrected chi connectivity index (χ1v) is 9.62. The molecule has 116 valence electrons. The van der Waals surface area contributed by atoms with Crippen molar-refractivity contribution in [1.29, 1.82) is 0 Å². The topological polar surface area (TPSA) is 63.4 Å². The minimum Gasteiger partial charge on any atom is -0.398 e. The third kappa shape index (κ3) is 2.85. The molecule has 1 aromatic rings. The van der Waals surface area contributed by atoms with Gasteiger partial charge in [0.05, 0.1) is 4.90 Å². The molecule has 0 aromatic heterocycles. The highest BCUT2D eigenvalue weighted by Gasteiger charge is 2.40. The molecule has 0 saturated heterocycles. The molecule has 2 fully saturated rings. The van der Waals surface area contributed by atoms with E-state index in [1.807, 2.05) is 0 Å². The van der Waals surface area contributed by atoms with Gasteiger partial charge in [-0.05, 0) is 71.1 Å². The molecular formula is C15H21BrN2O2S. The maximum Gasteiger partial charge on any atom is 0.242 e. The molecule has 21 heavy (non-hydrogen) atoms. The largest absolute Gasteiger partial charge is 0.398 e. The maximum absolute atomic E-state index is 12.7. The van der Waals surface area contributed by atoms with E-state index in [2.05, 4.69) is 15.9 Å². The molecule has 6 heteroatoms. The number of anilines is 1. The first kappa shape index (κ1) is 15.3. The average molecular weight is 373 g/mol. The second-order valence-electron chi connectivity index (χ2n) is 6.40. The highest BCUT2D eigenvalue weighted by atomic mass is 79.9. The zero-order valence-corrected chi connectivity index (χ0v) is 14.5. The molecule has 0 amide bonds. The number of halogens is 1. The highest BCUT2D eigenvalue weighted by Crippen LogP contribution is 2.48. The van der Waals surface area contributed by atoms with Crippen molar-refractivity contribution < 1.29 is 8.42 Å². The summed E-state index contributed by atoms with van der Waals surface area (Å²) in [6.45, 7) is 0.630. The lowest BCUT2D eigenvalue weighted by atomic mass is 9.89. The molecule has 2 saturated carbocycles. The molecule has 3 atom stereocenters. The van der Waals surface area contributed by atoms with Gasteiger partial charge in [0.15, 0.2) is 0 Å². The third-order valence-corrected chi connectivity index (χ3v) is 7.56. The molecule has 2 N–H and O–H groups in total. The quantitative estimate of drug-likeness (QED) is 0.825. The van der Waals surface area contributed by atoms with Crippen LogP contribution in [-0.2, 0) is 10.0 Å². The number of nitrogen functional groups attached to an aromatic ring is 1. The fourth-order valence-corrected chi connectivity index (χ4v) is 5.66. The lowest BCUT2D eigenvalue weighted by Crippen LogP contribution is -2.33. The monoisotopic (exact) mass is 372 g/mol. The minimum atomic E-state index is -3.43. The molecule has 1 aromatic carbocycles. The summed E-state index contributed by atoms with van der Waals surface area (Å²) >= 11 is 3.29. The first-order valence-electron chi connectivity index (χ1n) is 7.39. The summed E-state index contributed by atoms with van der Waals surface area (Å²) in [5, 5.41) is 0. The molecule has 2 bridgehead atoms. The molecule has 2 aliphatic carbocycles. The zero-order chi connectivity index (χ0) is 15.2. The first-order chi connectivity index (χ1) is 9.88. The van der Waals surface area contributed by atoms with Crippen LogP contribution in [0, 0.1) is 17.8 Å². The number of hydrogen-bond donors (Lipinski definition) is 1. The Morgan fingerprint density at radius 3 is 2.67 bits per heavy atom. The van der Waals surface area contributed by atoms with Gasteiger partial charge in [-0.15, -0.1) is 0 Å². The fourth-order valence-electron chi connectivity index (χ4n) is 3.88. The van der Waals surface area contributed by atoms with E-state index < -0.39 is 10.0 Å². The molecule has 4 nitrogen and oxygen atoms in total. The van der Waals surface area contributed by atoms with Crippen LogP contribution in [0.5, 0.6) is 0 Å². The van der Waals surface area contributed by atoms with Crippen LogP contribution in [0.4, 0.5) is 5.69 Å². The summed E-state index contributed by atoms with van der Waals surface area (Å²) in [7, 11) is -1.75. The van der Waals surface area contributed by atoms with Crippen molar-refractivity contribution in [1.82, 2.24) is 4.31 Å². The summed E-state index contributed by atoms with van der Waals surface area (Å²) in [6.07, 6.45) is 5.10. The Morgan fingerprint density at radius 1 is 1.33 bits per heavy atom. The lowest BCUT2D eigenvalue weighted by molar-refractivity contribution is 0.280. The standard InChI is InChI=1S/C15H21BrN2O2S/c1-18(9-12-7-10-2-3-11(12)6-10)21(19,20)13-4-5-15(17)14(16)8-13/h4-5,8,10-12H,2-3,6-7,9,17H2,1H3. The lowest BCUT2D eigenvalue weighted by Gasteiger charge is -2.26. The van der Waals surface area contributed by atoms with Crippen LogP contribution in [-0.4, -0.2) is 26.3 Å². The van der Waals surface area contributed by atoms with Crippen LogP contribution in [0.25, 0.3) is 0 Å². The predicted molar refractivity (Wildman–Crippen MR) is 87.3 cm³/mol. The van der Waals surface area contributed by atoms with Crippen LogP contribution < -0.4 is 5.73 Å².